The maximum atomic E-state index is 11.6. The molecule has 0 atom stereocenters. The molecule has 0 aliphatic rings. The van der Waals surface area contributed by atoms with E-state index in [2.05, 4.69) is 4.72 Å². The molecule has 0 aliphatic carbocycles. The number of anilines is 1. The lowest BCUT2D eigenvalue weighted by atomic mass is 10.3. The highest BCUT2D eigenvalue weighted by atomic mass is 35.5. The van der Waals surface area contributed by atoms with Crippen LogP contribution in [0.15, 0.2) is 24.3 Å². The molecular formula is C11H16ClNO3S. The van der Waals surface area contributed by atoms with E-state index in [1.165, 1.54) is 0 Å². The van der Waals surface area contributed by atoms with Gasteiger partial charge in [0.25, 0.3) is 0 Å². The van der Waals surface area contributed by atoms with Crippen LogP contribution in [0, 0.1) is 0 Å². The highest BCUT2D eigenvalue weighted by Gasteiger charge is 2.13. The Morgan fingerprint density at radius 1 is 1.35 bits per heavy atom. The van der Waals surface area contributed by atoms with E-state index in [1.807, 2.05) is 13.8 Å². The van der Waals surface area contributed by atoms with Gasteiger partial charge in [0.05, 0.1) is 17.5 Å². The Bertz CT molecular complexity index is 460. The number of halogens is 1. The van der Waals surface area contributed by atoms with Crippen LogP contribution in [0.1, 0.15) is 13.8 Å². The summed E-state index contributed by atoms with van der Waals surface area (Å²) in [5.41, 5.74) is 0.436. The van der Waals surface area contributed by atoms with Gasteiger partial charge in [0.15, 0.2) is 0 Å². The minimum Gasteiger partial charge on any atom is -0.489 e. The second-order valence-corrected chi connectivity index (χ2v) is 5.99. The van der Waals surface area contributed by atoms with Crippen LogP contribution in [0.4, 0.5) is 5.69 Å². The van der Waals surface area contributed by atoms with E-state index in [4.69, 9.17) is 16.3 Å². The predicted molar refractivity (Wildman–Crippen MR) is 70.3 cm³/mol. The number of rotatable bonds is 6. The molecule has 0 saturated carbocycles. The molecule has 4 nitrogen and oxygen atoms in total. The van der Waals surface area contributed by atoms with Crippen LogP contribution in [0.2, 0.25) is 0 Å². The predicted octanol–water partition coefficient (Wildman–Crippen LogP) is 2.45. The van der Waals surface area contributed by atoms with Gasteiger partial charge in [-0.25, -0.2) is 8.42 Å². The fraction of sp³-hybridized carbons (Fsp3) is 0.455. The summed E-state index contributed by atoms with van der Waals surface area (Å²) >= 11 is 5.43. The van der Waals surface area contributed by atoms with Crippen molar-refractivity contribution in [3.63, 3.8) is 0 Å². The van der Waals surface area contributed by atoms with Crippen LogP contribution in [-0.4, -0.2) is 26.2 Å². The normalized spacial score (nSPS) is 11.5. The van der Waals surface area contributed by atoms with Crippen LogP contribution in [0.5, 0.6) is 5.75 Å². The first-order chi connectivity index (χ1) is 7.94. The molecular weight excluding hydrogens is 262 g/mol. The van der Waals surface area contributed by atoms with E-state index < -0.39 is 10.0 Å². The van der Waals surface area contributed by atoms with Gasteiger partial charge in [0.2, 0.25) is 10.0 Å². The average Bonchev–Trinajstić information content (AvgIpc) is 2.19. The van der Waals surface area contributed by atoms with E-state index >= 15 is 0 Å². The van der Waals surface area contributed by atoms with Crippen LogP contribution in [-0.2, 0) is 10.0 Å². The summed E-state index contributed by atoms with van der Waals surface area (Å²) in [6.07, 6.45) is -0.0197. The average molecular weight is 278 g/mol. The van der Waals surface area contributed by atoms with Crippen molar-refractivity contribution in [2.24, 2.45) is 0 Å². The first-order valence-electron chi connectivity index (χ1n) is 5.27. The topological polar surface area (TPSA) is 55.4 Å². The fourth-order valence-electron chi connectivity index (χ4n) is 1.23. The number of hydrogen-bond donors (Lipinski definition) is 1. The van der Waals surface area contributed by atoms with Crippen LogP contribution < -0.4 is 9.46 Å². The van der Waals surface area contributed by atoms with E-state index in [0.717, 1.165) is 0 Å². The standard InChI is InChI=1S/C11H16ClNO3S/c1-9(2)16-11-6-4-3-5-10(11)13-17(14,15)8-7-12/h3-6,9,13H,7-8H2,1-2H3. The van der Waals surface area contributed by atoms with Gasteiger partial charge >= 0.3 is 0 Å². The summed E-state index contributed by atoms with van der Waals surface area (Å²) < 4.78 is 31.1. The number of para-hydroxylation sites is 2. The first-order valence-corrected chi connectivity index (χ1v) is 7.45. The molecule has 0 unspecified atom stereocenters. The van der Waals surface area contributed by atoms with Crippen LogP contribution in [0.25, 0.3) is 0 Å². The molecule has 96 valence electrons. The molecule has 17 heavy (non-hydrogen) atoms. The Balaban J connectivity index is 2.90. The third-order valence-electron chi connectivity index (χ3n) is 1.86. The molecule has 1 aromatic carbocycles. The molecule has 0 aliphatic heterocycles. The zero-order valence-corrected chi connectivity index (χ0v) is 11.4. The monoisotopic (exact) mass is 277 g/mol. The van der Waals surface area contributed by atoms with Gasteiger partial charge in [-0.05, 0) is 26.0 Å². The first kappa shape index (κ1) is 14.1. The Labute approximate surface area is 107 Å². The van der Waals surface area contributed by atoms with Crippen LogP contribution in [0.3, 0.4) is 0 Å². The van der Waals surface area contributed by atoms with Crippen molar-refractivity contribution in [2.75, 3.05) is 16.4 Å². The molecule has 0 amide bonds. The zero-order chi connectivity index (χ0) is 12.9. The quantitative estimate of drug-likeness (QED) is 0.813. The summed E-state index contributed by atoms with van der Waals surface area (Å²) in [6.45, 7) is 3.76. The summed E-state index contributed by atoms with van der Waals surface area (Å²) in [6, 6.07) is 6.91. The van der Waals surface area contributed by atoms with Gasteiger partial charge in [0.1, 0.15) is 5.75 Å². The van der Waals surface area contributed by atoms with Crippen molar-refractivity contribution in [3.8, 4) is 5.75 Å². The maximum absolute atomic E-state index is 11.6. The maximum Gasteiger partial charge on any atom is 0.234 e. The number of sulfonamides is 1. The molecule has 0 spiro atoms. The highest BCUT2D eigenvalue weighted by molar-refractivity contribution is 7.92. The number of benzene rings is 1. The molecule has 0 heterocycles. The second-order valence-electron chi connectivity index (χ2n) is 3.77. The van der Waals surface area contributed by atoms with Crippen molar-refractivity contribution in [1.82, 2.24) is 0 Å². The van der Waals surface area contributed by atoms with Crippen molar-refractivity contribution in [3.05, 3.63) is 24.3 Å². The van der Waals surface area contributed by atoms with E-state index in [9.17, 15) is 8.42 Å². The summed E-state index contributed by atoms with van der Waals surface area (Å²) in [5, 5.41) is 0. The SMILES string of the molecule is CC(C)Oc1ccccc1NS(=O)(=O)CCCl. The molecule has 1 rings (SSSR count). The second kappa shape index (κ2) is 6.12. The molecule has 0 aromatic heterocycles. The zero-order valence-electron chi connectivity index (χ0n) is 9.81. The van der Waals surface area contributed by atoms with Gasteiger partial charge in [0, 0.05) is 5.88 Å². The third-order valence-corrected chi connectivity index (χ3v) is 3.55. The molecule has 0 bridgehead atoms. The minimum atomic E-state index is -3.40. The number of alkyl halides is 1. The highest BCUT2D eigenvalue weighted by Crippen LogP contribution is 2.25. The lowest BCUT2D eigenvalue weighted by Gasteiger charge is -2.15. The molecule has 1 N–H and O–H groups in total. The van der Waals surface area contributed by atoms with Gasteiger partial charge < -0.3 is 4.74 Å². The van der Waals surface area contributed by atoms with Crippen molar-refractivity contribution in [1.29, 1.82) is 0 Å². The van der Waals surface area contributed by atoms with E-state index in [1.54, 1.807) is 24.3 Å². The molecule has 0 radical (unpaired) electrons. The molecule has 0 saturated heterocycles. The summed E-state index contributed by atoms with van der Waals surface area (Å²) in [7, 11) is -3.40. The molecule has 0 fully saturated rings. The molecule has 6 heteroatoms. The lowest BCUT2D eigenvalue weighted by molar-refractivity contribution is 0.244. The van der Waals surface area contributed by atoms with Crippen LogP contribution >= 0.6 is 11.6 Å². The van der Waals surface area contributed by atoms with Crippen molar-refractivity contribution in [2.45, 2.75) is 20.0 Å². The Hall–Kier alpha value is -0.940. The van der Waals surface area contributed by atoms with Gasteiger partial charge in [-0.3, -0.25) is 4.72 Å². The smallest absolute Gasteiger partial charge is 0.234 e. The minimum absolute atomic E-state index is 0.0197. The summed E-state index contributed by atoms with van der Waals surface area (Å²) in [4.78, 5) is 0. The van der Waals surface area contributed by atoms with Gasteiger partial charge in [-0.1, -0.05) is 12.1 Å². The Kier molecular flexibility index (Phi) is 5.08. The number of nitrogens with one attached hydrogen (secondary N) is 1. The Morgan fingerprint density at radius 2 is 2.00 bits per heavy atom. The van der Waals surface area contributed by atoms with Gasteiger partial charge in [-0.2, -0.15) is 0 Å². The van der Waals surface area contributed by atoms with E-state index in [-0.39, 0.29) is 17.7 Å². The number of ether oxygens (including phenoxy) is 1. The van der Waals surface area contributed by atoms with Gasteiger partial charge in [-0.15, -0.1) is 11.6 Å². The van der Waals surface area contributed by atoms with Crippen molar-refractivity contribution >= 4 is 27.3 Å². The summed E-state index contributed by atoms with van der Waals surface area (Å²) in [5.74, 6) is 0.452. The number of hydrogen-bond acceptors (Lipinski definition) is 3. The fourth-order valence-corrected chi connectivity index (χ4v) is 2.65. The largest absolute Gasteiger partial charge is 0.489 e. The third kappa shape index (κ3) is 4.83. The van der Waals surface area contributed by atoms with E-state index in [0.29, 0.717) is 11.4 Å². The lowest BCUT2D eigenvalue weighted by Crippen LogP contribution is -2.18. The Morgan fingerprint density at radius 3 is 2.59 bits per heavy atom. The molecule has 1 aromatic rings. The van der Waals surface area contributed by atoms with Crippen molar-refractivity contribution < 1.29 is 13.2 Å².